The minimum Gasteiger partial charge on any atom is -0.295 e. The van der Waals surface area contributed by atoms with Gasteiger partial charge in [0, 0.05) is 5.56 Å². The zero-order valence-corrected chi connectivity index (χ0v) is 11.9. The van der Waals surface area contributed by atoms with Gasteiger partial charge in [-0.15, -0.1) is 0 Å². The molecule has 112 valence electrons. The van der Waals surface area contributed by atoms with Crippen LogP contribution in [0.3, 0.4) is 0 Å². The van der Waals surface area contributed by atoms with Crippen molar-refractivity contribution in [1.29, 1.82) is 0 Å². The summed E-state index contributed by atoms with van der Waals surface area (Å²) < 4.78 is 38.5. The van der Waals surface area contributed by atoms with Crippen LogP contribution in [0.2, 0.25) is 0 Å². The molecule has 2 aromatic carbocycles. The zero-order chi connectivity index (χ0) is 15.9. The minimum absolute atomic E-state index is 0.0182. The highest BCUT2D eigenvalue weighted by atomic mass is 19.4. The summed E-state index contributed by atoms with van der Waals surface area (Å²) in [5, 5.41) is 0. The van der Waals surface area contributed by atoms with Crippen LogP contribution in [-0.2, 0) is 12.6 Å². The van der Waals surface area contributed by atoms with Crippen LogP contribution >= 0.6 is 0 Å². The van der Waals surface area contributed by atoms with Crippen LogP contribution in [0.1, 0.15) is 39.5 Å². The maximum atomic E-state index is 12.8. The van der Waals surface area contributed by atoms with Gasteiger partial charge in [0.1, 0.15) is 0 Å². The van der Waals surface area contributed by atoms with Crippen molar-refractivity contribution in [3.05, 3.63) is 76.4 Å². The van der Waals surface area contributed by atoms with E-state index in [-0.39, 0.29) is 5.78 Å². The number of halogens is 3. The van der Waals surface area contributed by atoms with Crippen molar-refractivity contribution in [2.75, 3.05) is 0 Å². The van der Waals surface area contributed by atoms with Crippen molar-refractivity contribution in [2.24, 2.45) is 0 Å². The second-order valence-corrected chi connectivity index (χ2v) is 5.33. The smallest absolute Gasteiger partial charge is 0.295 e. The number of Topliss-reactive ketones (excluding diaryl/α,β-unsaturated/α-hetero) is 1. The van der Waals surface area contributed by atoms with Crippen molar-refractivity contribution in [3.63, 3.8) is 0 Å². The number of hydrogen-bond acceptors (Lipinski definition) is 1. The number of fused-ring (bicyclic) bond motifs is 1. The van der Waals surface area contributed by atoms with E-state index in [0.717, 1.165) is 22.8 Å². The Hall–Kier alpha value is -2.36. The maximum absolute atomic E-state index is 12.8. The van der Waals surface area contributed by atoms with Crippen LogP contribution in [0.5, 0.6) is 0 Å². The van der Waals surface area contributed by atoms with Crippen LogP contribution in [0, 0.1) is 0 Å². The van der Waals surface area contributed by atoms with Gasteiger partial charge in [-0.3, -0.25) is 4.79 Å². The number of alkyl halides is 3. The fourth-order valence-electron chi connectivity index (χ4n) is 2.70. The third-order valence-electron chi connectivity index (χ3n) is 3.83. The Morgan fingerprint density at radius 3 is 2.55 bits per heavy atom. The molecule has 0 amide bonds. The van der Waals surface area contributed by atoms with Crippen LogP contribution in [0.15, 0.2) is 48.5 Å². The molecule has 0 aliphatic heterocycles. The van der Waals surface area contributed by atoms with Gasteiger partial charge in [-0.25, -0.2) is 0 Å². The Labute approximate surface area is 126 Å². The lowest BCUT2D eigenvalue weighted by Gasteiger charge is -2.11. The van der Waals surface area contributed by atoms with Gasteiger partial charge in [0.2, 0.25) is 0 Å². The molecule has 2 aromatic rings. The van der Waals surface area contributed by atoms with Gasteiger partial charge in [0.25, 0.3) is 0 Å². The highest BCUT2D eigenvalue weighted by molar-refractivity contribution is 5.95. The lowest BCUT2D eigenvalue weighted by molar-refractivity contribution is -0.137. The Bertz CT molecular complexity index is 785. The summed E-state index contributed by atoms with van der Waals surface area (Å²) >= 11 is 0. The number of benzene rings is 2. The fraction of sp³-hybridized carbons (Fsp3) is 0.167. The number of allylic oxidation sites excluding steroid dienone is 1. The third-order valence-corrected chi connectivity index (χ3v) is 3.83. The molecule has 0 bridgehead atoms. The molecule has 22 heavy (non-hydrogen) atoms. The molecular weight excluding hydrogens is 289 g/mol. The largest absolute Gasteiger partial charge is 0.416 e. The third kappa shape index (κ3) is 2.56. The predicted molar refractivity (Wildman–Crippen MR) is 78.7 cm³/mol. The van der Waals surface area contributed by atoms with E-state index in [2.05, 4.69) is 0 Å². The van der Waals surface area contributed by atoms with Crippen molar-refractivity contribution in [3.8, 4) is 0 Å². The molecule has 0 atom stereocenters. The summed E-state index contributed by atoms with van der Waals surface area (Å²) in [6.07, 6.45) is -1.82. The number of carbonyl (C=O) groups excluding carboxylic acids is 1. The van der Waals surface area contributed by atoms with Crippen molar-refractivity contribution in [1.82, 2.24) is 0 Å². The first kappa shape index (κ1) is 14.6. The molecule has 1 aliphatic rings. The highest BCUT2D eigenvalue weighted by Crippen LogP contribution is 2.36. The fourth-order valence-corrected chi connectivity index (χ4v) is 2.70. The van der Waals surface area contributed by atoms with Gasteiger partial charge in [-0.2, -0.15) is 13.2 Å². The molecule has 0 unspecified atom stereocenters. The van der Waals surface area contributed by atoms with E-state index in [1.165, 1.54) is 19.1 Å². The average molecular weight is 302 g/mol. The number of carbonyl (C=O) groups is 1. The van der Waals surface area contributed by atoms with Gasteiger partial charge in [0.15, 0.2) is 5.78 Å². The van der Waals surface area contributed by atoms with E-state index >= 15 is 0 Å². The Morgan fingerprint density at radius 2 is 1.86 bits per heavy atom. The first-order valence-corrected chi connectivity index (χ1v) is 6.88. The molecule has 0 radical (unpaired) electrons. The first-order valence-electron chi connectivity index (χ1n) is 6.88. The zero-order valence-electron chi connectivity index (χ0n) is 11.9. The average Bonchev–Trinajstić information content (AvgIpc) is 2.89. The molecule has 0 aromatic heterocycles. The van der Waals surface area contributed by atoms with Crippen molar-refractivity contribution >= 4 is 11.4 Å². The van der Waals surface area contributed by atoms with Crippen molar-refractivity contribution < 1.29 is 18.0 Å². The Morgan fingerprint density at radius 1 is 1.09 bits per heavy atom. The summed E-state index contributed by atoms with van der Waals surface area (Å²) in [5.41, 5.74) is 3.17. The van der Waals surface area contributed by atoms with Gasteiger partial charge < -0.3 is 0 Å². The van der Waals surface area contributed by atoms with E-state index in [0.29, 0.717) is 17.5 Å². The first-order chi connectivity index (χ1) is 10.4. The molecule has 1 nitrogen and oxygen atoms in total. The molecular formula is C18H13F3O. The lowest BCUT2D eigenvalue weighted by atomic mass is 9.96. The van der Waals surface area contributed by atoms with Gasteiger partial charge in [-0.05, 0) is 53.8 Å². The van der Waals surface area contributed by atoms with E-state index in [1.54, 1.807) is 12.1 Å². The monoisotopic (exact) mass is 302 g/mol. The summed E-state index contributed by atoms with van der Waals surface area (Å²) in [6, 6.07) is 10.7. The van der Waals surface area contributed by atoms with E-state index in [1.807, 2.05) is 18.2 Å². The molecule has 1 aliphatic carbocycles. The van der Waals surface area contributed by atoms with E-state index in [4.69, 9.17) is 0 Å². The second-order valence-electron chi connectivity index (χ2n) is 5.33. The normalized spacial score (nSPS) is 13.7. The summed E-state index contributed by atoms with van der Waals surface area (Å²) in [4.78, 5) is 11.4. The SMILES string of the molecule is CC(=O)c1ccc2c(c1)CC=C2c1cccc(C(F)(F)F)c1. The van der Waals surface area contributed by atoms with Gasteiger partial charge >= 0.3 is 6.18 Å². The van der Waals surface area contributed by atoms with Crippen molar-refractivity contribution in [2.45, 2.75) is 19.5 Å². The topological polar surface area (TPSA) is 17.1 Å². The second kappa shape index (κ2) is 5.13. The van der Waals surface area contributed by atoms with Gasteiger partial charge in [0.05, 0.1) is 5.56 Å². The van der Waals surface area contributed by atoms with E-state index < -0.39 is 11.7 Å². The molecule has 0 spiro atoms. The maximum Gasteiger partial charge on any atom is 0.416 e. The molecule has 0 heterocycles. The van der Waals surface area contributed by atoms with Crippen LogP contribution < -0.4 is 0 Å². The number of hydrogen-bond donors (Lipinski definition) is 0. The molecule has 0 N–H and O–H groups in total. The van der Waals surface area contributed by atoms with Crippen LogP contribution in [0.25, 0.3) is 5.57 Å². The number of rotatable bonds is 2. The van der Waals surface area contributed by atoms with Gasteiger partial charge in [-0.1, -0.05) is 30.3 Å². The molecule has 4 heteroatoms. The standard InChI is InChI=1S/C18H13F3O/c1-11(22)12-5-7-17-14(9-12)6-8-16(17)13-3-2-4-15(10-13)18(19,20)21/h2-5,7-10H,6H2,1H3. The van der Waals surface area contributed by atoms with Crippen LogP contribution in [-0.4, -0.2) is 5.78 Å². The molecule has 0 saturated carbocycles. The quantitative estimate of drug-likeness (QED) is 0.721. The summed E-state index contributed by atoms with van der Waals surface area (Å²) in [6.45, 7) is 1.50. The van der Waals surface area contributed by atoms with E-state index in [9.17, 15) is 18.0 Å². The van der Waals surface area contributed by atoms with Crippen LogP contribution in [0.4, 0.5) is 13.2 Å². The summed E-state index contributed by atoms with van der Waals surface area (Å²) in [5.74, 6) is -0.0182. The number of ketones is 1. The lowest BCUT2D eigenvalue weighted by Crippen LogP contribution is -2.05. The predicted octanol–water partition coefficient (Wildman–Crippen LogP) is 4.90. The Kier molecular flexibility index (Phi) is 3.39. The molecule has 3 rings (SSSR count). The minimum atomic E-state index is -4.35. The summed E-state index contributed by atoms with van der Waals surface area (Å²) in [7, 11) is 0. The Balaban J connectivity index is 2.02. The molecule has 0 fully saturated rings. The highest BCUT2D eigenvalue weighted by Gasteiger charge is 2.31. The molecule has 0 saturated heterocycles.